The number of benzene rings is 2. The van der Waals surface area contributed by atoms with Gasteiger partial charge in [-0.3, -0.25) is 4.79 Å². The highest BCUT2D eigenvalue weighted by Gasteiger charge is 2.30. The summed E-state index contributed by atoms with van der Waals surface area (Å²) in [6, 6.07) is 14.3. The van der Waals surface area contributed by atoms with Gasteiger partial charge in [0.25, 0.3) is 0 Å². The molecule has 2 amide bonds. The van der Waals surface area contributed by atoms with Crippen LogP contribution >= 0.6 is 0 Å². The summed E-state index contributed by atoms with van der Waals surface area (Å²) < 4.78 is 5.56. The Balaban J connectivity index is 1.66. The van der Waals surface area contributed by atoms with Crippen LogP contribution in [0.15, 0.2) is 48.5 Å². The van der Waals surface area contributed by atoms with Gasteiger partial charge >= 0.3 is 12.1 Å². The van der Waals surface area contributed by atoms with Crippen LogP contribution in [0.1, 0.15) is 57.1 Å². The molecule has 2 atom stereocenters. The minimum absolute atomic E-state index is 0.0820. The van der Waals surface area contributed by atoms with Crippen molar-refractivity contribution in [2.75, 3.05) is 6.61 Å². The van der Waals surface area contributed by atoms with E-state index in [2.05, 4.69) is 22.8 Å². The van der Waals surface area contributed by atoms with Gasteiger partial charge in [0.05, 0.1) is 0 Å². The molecule has 0 radical (unpaired) electrons. The molecule has 1 unspecified atom stereocenters. The van der Waals surface area contributed by atoms with Crippen molar-refractivity contribution in [3.63, 3.8) is 0 Å². The lowest BCUT2D eigenvalue weighted by Gasteiger charge is -2.23. The summed E-state index contributed by atoms with van der Waals surface area (Å²) in [4.78, 5) is 36.8. The lowest BCUT2D eigenvalue weighted by atomic mass is 9.98. The van der Waals surface area contributed by atoms with Crippen molar-refractivity contribution in [2.45, 2.75) is 58.0 Å². The average molecular weight is 453 g/mol. The van der Waals surface area contributed by atoms with Crippen molar-refractivity contribution >= 4 is 18.0 Å². The van der Waals surface area contributed by atoms with Crippen LogP contribution in [0.3, 0.4) is 0 Å². The van der Waals surface area contributed by atoms with Crippen LogP contribution in [0.25, 0.3) is 11.1 Å². The lowest BCUT2D eigenvalue weighted by molar-refractivity contribution is -0.142. The van der Waals surface area contributed by atoms with Gasteiger partial charge in [-0.05, 0) is 41.0 Å². The van der Waals surface area contributed by atoms with Gasteiger partial charge in [0.15, 0.2) is 0 Å². The monoisotopic (exact) mass is 452 g/mol. The van der Waals surface area contributed by atoms with Crippen LogP contribution in [0.2, 0.25) is 0 Å². The molecule has 2 aromatic carbocycles. The molecule has 7 heteroatoms. The second kappa shape index (κ2) is 11.0. The Labute approximate surface area is 194 Å². The van der Waals surface area contributed by atoms with E-state index in [9.17, 15) is 19.5 Å². The predicted octanol–water partition coefficient (Wildman–Crippen LogP) is 4.31. The van der Waals surface area contributed by atoms with Gasteiger partial charge in [0.1, 0.15) is 18.7 Å². The first-order valence-electron chi connectivity index (χ1n) is 11.5. The molecule has 0 heterocycles. The number of carbonyl (C=O) groups excluding carboxylic acids is 2. The summed E-state index contributed by atoms with van der Waals surface area (Å²) in [6.45, 7) is 5.85. The summed E-state index contributed by atoms with van der Waals surface area (Å²) in [5, 5.41) is 14.5. The average Bonchev–Trinajstić information content (AvgIpc) is 3.10. The molecule has 1 aliphatic rings. The molecule has 0 saturated carbocycles. The third-order valence-corrected chi connectivity index (χ3v) is 5.85. The first-order chi connectivity index (χ1) is 15.8. The van der Waals surface area contributed by atoms with E-state index in [1.165, 1.54) is 0 Å². The topological polar surface area (TPSA) is 105 Å². The third kappa shape index (κ3) is 5.92. The number of hydrogen-bond donors (Lipinski definition) is 3. The number of carboxylic acids is 1. The van der Waals surface area contributed by atoms with Crippen molar-refractivity contribution in [3.8, 4) is 11.1 Å². The maximum atomic E-state index is 12.7. The molecule has 0 aliphatic heterocycles. The number of amides is 2. The Morgan fingerprint density at radius 2 is 1.52 bits per heavy atom. The van der Waals surface area contributed by atoms with Crippen molar-refractivity contribution < 1.29 is 24.2 Å². The number of ether oxygens (including phenoxy) is 1. The summed E-state index contributed by atoms with van der Waals surface area (Å²) in [7, 11) is 0. The van der Waals surface area contributed by atoms with Crippen LogP contribution in [0.5, 0.6) is 0 Å². The van der Waals surface area contributed by atoms with E-state index in [-0.39, 0.29) is 18.4 Å². The molecule has 1 aliphatic carbocycles. The Morgan fingerprint density at radius 3 is 2.03 bits per heavy atom. The molecule has 0 saturated heterocycles. The van der Waals surface area contributed by atoms with Crippen LogP contribution in [0.4, 0.5) is 4.79 Å². The molecule has 0 fully saturated rings. The summed E-state index contributed by atoms with van der Waals surface area (Å²) in [6.07, 6.45) is 0.612. The molecular weight excluding hydrogens is 420 g/mol. The fraction of sp³-hybridized carbons (Fsp3) is 0.423. The molecule has 3 rings (SSSR count). The predicted molar refractivity (Wildman–Crippen MR) is 126 cm³/mol. The van der Waals surface area contributed by atoms with Gasteiger partial charge in [-0.2, -0.15) is 0 Å². The molecule has 7 nitrogen and oxygen atoms in total. The van der Waals surface area contributed by atoms with Gasteiger partial charge in [0.2, 0.25) is 5.91 Å². The van der Waals surface area contributed by atoms with Crippen LogP contribution < -0.4 is 10.6 Å². The summed E-state index contributed by atoms with van der Waals surface area (Å²) in [5.74, 6) is -1.57. The Bertz CT molecular complexity index is 958. The van der Waals surface area contributed by atoms with E-state index in [4.69, 9.17) is 4.74 Å². The van der Waals surface area contributed by atoms with E-state index in [1.807, 2.05) is 57.2 Å². The number of carboxylic acid groups (broad SMARTS) is 1. The Morgan fingerprint density at radius 1 is 0.939 bits per heavy atom. The number of carbonyl (C=O) groups is 3. The SMILES string of the molecule is CCCC(NC(=O)[C@@H](CC(C)C)NC(=O)OCC1c2ccccc2-c2ccccc21)C(=O)O. The van der Waals surface area contributed by atoms with Gasteiger partial charge in [-0.15, -0.1) is 0 Å². The molecule has 3 N–H and O–H groups in total. The minimum Gasteiger partial charge on any atom is -0.480 e. The molecule has 0 aromatic heterocycles. The highest BCUT2D eigenvalue weighted by molar-refractivity contribution is 5.89. The van der Waals surface area contributed by atoms with E-state index in [1.54, 1.807) is 0 Å². The van der Waals surface area contributed by atoms with E-state index in [0.717, 1.165) is 22.3 Å². The van der Waals surface area contributed by atoms with E-state index >= 15 is 0 Å². The number of alkyl carbamates (subject to hydrolysis) is 1. The smallest absolute Gasteiger partial charge is 0.407 e. The Kier molecular flexibility index (Phi) is 8.09. The van der Waals surface area contributed by atoms with E-state index in [0.29, 0.717) is 19.3 Å². The van der Waals surface area contributed by atoms with E-state index < -0.39 is 30.1 Å². The lowest BCUT2D eigenvalue weighted by Crippen LogP contribution is -2.52. The summed E-state index contributed by atoms with van der Waals surface area (Å²) in [5.41, 5.74) is 4.48. The van der Waals surface area contributed by atoms with Gasteiger partial charge in [-0.25, -0.2) is 9.59 Å². The molecule has 2 aromatic rings. The van der Waals surface area contributed by atoms with Crippen molar-refractivity contribution in [1.82, 2.24) is 10.6 Å². The van der Waals surface area contributed by atoms with Crippen molar-refractivity contribution in [2.24, 2.45) is 5.92 Å². The first-order valence-corrected chi connectivity index (χ1v) is 11.5. The number of nitrogens with one attached hydrogen (secondary N) is 2. The fourth-order valence-corrected chi connectivity index (χ4v) is 4.30. The van der Waals surface area contributed by atoms with Crippen molar-refractivity contribution in [3.05, 3.63) is 59.7 Å². The van der Waals surface area contributed by atoms with Gasteiger partial charge in [-0.1, -0.05) is 75.7 Å². The highest BCUT2D eigenvalue weighted by Crippen LogP contribution is 2.44. The second-order valence-corrected chi connectivity index (χ2v) is 8.84. The van der Waals surface area contributed by atoms with Gasteiger partial charge < -0.3 is 20.5 Å². The second-order valence-electron chi connectivity index (χ2n) is 8.84. The third-order valence-electron chi connectivity index (χ3n) is 5.85. The largest absolute Gasteiger partial charge is 0.480 e. The maximum absolute atomic E-state index is 12.7. The maximum Gasteiger partial charge on any atom is 0.407 e. The quantitative estimate of drug-likeness (QED) is 0.498. The number of fused-ring (bicyclic) bond motifs is 3. The fourth-order valence-electron chi connectivity index (χ4n) is 4.30. The van der Waals surface area contributed by atoms with Crippen LogP contribution in [-0.4, -0.2) is 41.8 Å². The number of aliphatic carboxylic acids is 1. The van der Waals surface area contributed by atoms with Gasteiger partial charge in [0, 0.05) is 5.92 Å². The molecule has 33 heavy (non-hydrogen) atoms. The minimum atomic E-state index is -1.09. The standard InChI is InChI=1S/C26H32N2O5/c1-4-9-22(25(30)31)27-24(29)23(14-16(2)3)28-26(32)33-15-21-19-12-7-5-10-17(19)18-11-6-8-13-20(18)21/h5-8,10-13,16,21-23H,4,9,14-15H2,1-3H3,(H,27,29)(H,28,32)(H,30,31)/t22?,23-/m1/s1. The number of hydrogen-bond acceptors (Lipinski definition) is 4. The molecule has 176 valence electrons. The zero-order valence-corrected chi connectivity index (χ0v) is 19.3. The molecular formula is C26H32N2O5. The molecule has 0 spiro atoms. The van der Waals surface area contributed by atoms with Crippen molar-refractivity contribution in [1.29, 1.82) is 0 Å². The molecule has 0 bridgehead atoms. The van der Waals surface area contributed by atoms with Crippen LogP contribution in [0, 0.1) is 5.92 Å². The zero-order valence-electron chi connectivity index (χ0n) is 19.3. The zero-order chi connectivity index (χ0) is 24.0. The normalized spacial score (nSPS) is 14.2. The Hall–Kier alpha value is -3.35. The number of rotatable bonds is 10. The first kappa shape index (κ1) is 24.3. The summed E-state index contributed by atoms with van der Waals surface area (Å²) >= 11 is 0. The highest BCUT2D eigenvalue weighted by atomic mass is 16.5. The van der Waals surface area contributed by atoms with Crippen LogP contribution in [-0.2, 0) is 14.3 Å².